The van der Waals surface area contributed by atoms with Gasteiger partial charge in [0.2, 0.25) is 0 Å². The Hall–Kier alpha value is -2.17. The number of amides is 3. The third kappa shape index (κ3) is 3.53. The van der Waals surface area contributed by atoms with Crippen molar-refractivity contribution in [1.82, 2.24) is 9.80 Å². The van der Waals surface area contributed by atoms with Crippen molar-refractivity contribution in [2.24, 2.45) is 5.92 Å². The molecule has 1 aliphatic heterocycles. The number of carbonyl (C=O) groups is 3. The van der Waals surface area contributed by atoms with E-state index in [0.29, 0.717) is 5.56 Å². The van der Waals surface area contributed by atoms with Gasteiger partial charge in [0.25, 0.3) is 5.91 Å². The van der Waals surface area contributed by atoms with Crippen LogP contribution in [-0.2, 0) is 4.79 Å². The van der Waals surface area contributed by atoms with Gasteiger partial charge >= 0.3 is 6.03 Å². The summed E-state index contributed by atoms with van der Waals surface area (Å²) in [5, 5.41) is 0. The highest BCUT2D eigenvalue weighted by Crippen LogP contribution is 2.38. The Labute approximate surface area is 156 Å². The van der Waals surface area contributed by atoms with Gasteiger partial charge in [0.1, 0.15) is 5.54 Å². The molecule has 0 aromatic heterocycles. The average Bonchev–Trinajstić information content (AvgIpc) is 2.77. The van der Waals surface area contributed by atoms with Crippen LogP contribution in [0.15, 0.2) is 24.3 Å². The zero-order valence-corrected chi connectivity index (χ0v) is 16.5. The van der Waals surface area contributed by atoms with Gasteiger partial charge in [-0.05, 0) is 38.7 Å². The third-order valence-corrected chi connectivity index (χ3v) is 5.60. The van der Waals surface area contributed by atoms with Crippen LogP contribution in [0.5, 0.6) is 0 Å². The highest BCUT2D eigenvalue weighted by molar-refractivity contribution is 6.11. The second-order valence-electron chi connectivity index (χ2n) is 7.45. The van der Waals surface area contributed by atoms with Crippen LogP contribution in [0, 0.1) is 12.8 Å². The molecule has 1 saturated heterocycles. The summed E-state index contributed by atoms with van der Waals surface area (Å²) in [7, 11) is 1.68. The van der Waals surface area contributed by atoms with E-state index in [-0.39, 0.29) is 30.2 Å². The molecule has 0 saturated carbocycles. The molecule has 0 bridgehead atoms. The minimum Gasteiger partial charge on any atom is -0.313 e. The number of ketones is 1. The fourth-order valence-corrected chi connectivity index (χ4v) is 3.93. The van der Waals surface area contributed by atoms with Crippen molar-refractivity contribution in [1.29, 1.82) is 0 Å². The van der Waals surface area contributed by atoms with E-state index in [1.165, 1.54) is 4.90 Å². The standard InChI is InChI=1S/C21H30N2O3/c1-6-9-17(10-7-2)21(4)19(25)23(20(26)22(21)5)14-18(24)16-12-8-11-15(3)13-16/h8,11-13,17H,6-7,9-10,14H2,1-5H3. The van der Waals surface area contributed by atoms with Crippen LogP contribution in [0.25, 0.3) is 0 Å². The van der Waals surface area contributed by atoms with Crippen molar-refractivity contribution in [3.63, 3.8) is 0 Å². The van der Waals surface area contributed by atoms with Crippen molar-refractivity contribution in [2.45, 2.75) is 58.9 Å². The zero-order chi connectivity index (χ0) is 19.5. The van der Waals surface area contributed by atoms with Crippen molar-refractivity contribution in [3.05, 3.63) is 35.4 Å². The zero-order valence-electron chi connectivity index (χ0n) is 16.5. The van der Waals surface area contributed by atoms with E-state index in [2.05, 4.69) is 13.8 Å². The van der Waals surface area contributed by atoms with Crippen LogP contribution in [0.4, 0.5) is 4.79 Å². The molecule has 0 N–H and O–H groups in total. The van der Waals surface area contributed by atoms with Crippen molar-refractivity contribution < 1.29 is 14.4 Å². The third-order valence-electron chi connectivity index (χ3n) is 5.60. The molecule has 5 heteroatoms. The molecule has 1 aromatic carbocycles. The molecule has 1 fully saturated rings. The lowest BCUT2D eigenvalue weighted by Gasteiger charge is -2.36. The van der Waals surface area contributed by atoms with Crippen LogP contribution in [0.1, 0.15) is 62.4 Å². The summed E-state index contributed by atoms with van der Waals surface area (Å²) in [5.41, 5.74) is 0.624. The van der Waals surface area contributed by atoms with E-state index in [0.717, 1.165) is 36.1 Å². The number of urea groups is 1. The second kappa shape index (κ2) is 8.02. The lowest BCUT2D eigenvalue weighted by Crippen LogP contribution is -2.51. The molecule has 1 aromatic rings. The molecule has 0 spiro atoms. The molecule has 0 aliphatic carbocycles. The number of nitrogens with zero attached hydrogens (tertiary/aromatic N) is 2. The van der Waals surface area contributed by atoms with Gasteiger partial charge in [0, 0.05) is 12.6 Å². The van der Waals surface area contributed by atoms with Gasteiger partial charge in [-0.3, -0.25) is 14.5 Å². The summed E-state index contributed by atoms with van der Waals surface area (Å²) in [5.74, 6) is -0.369. The first kappa shape index (κ1) is 20.1. The molecule has 1 unspecified atom stereocenters. The molecular weight excluding hydrogens is 328 g/mol. The van der Waals surface area contributed by atoms with Crippen LogP contribution >= 0.6 is 0 Å². The van der Waals surface area contributed by atoms with Crippen LogP contribution in [-0.4, -0.2) is 46.7 Å². The largest absolute Gasteiger partial charge is 0.327 e. The predicted octanol–water partition coefficient (Wildman–Crippen LogP) is 4.05. The highest BCUT2D eigenvalue weighted by atomic mass is 16.2. The number of hydrogen-bond acceptors (Lipinski definition) is 3. The van der Waals surface area contributed by atoms with E-state index in [1.807, 2.05) is 26.0 Å². The maximum Gasteiger partial charge on any atom is 0.327 e. The molecule has 1 aliphatic rings. The van der Waals surface area contributed by atoms with Gasteiger partial charge in [-0.2, -0.15) is 0 Å². The maximum absolute atomic E-state index is 13.2. The van der Waals surface area contributed by atoms with E-state index in [1.54, 1.807) is 19.2 Å². The van der Waals surface area contributed by atoms with Gasteiger partial charge in [0.05, 0.1) is 6.54 Å². The van der Waals surface area contributed by atoms with E-state index in [9.17, 15) is 14.4 Å². The smallest absolute Gasteiger partial charge is 0.313 e. The Bertz CT molecular complexity index is 694. The Balaban J connectivity index is 2.27. The fourth-order valence-electron chi connectivity index (χ4n) is 3.93. The topological polar surface area (TPSA) is 57.7 Å². The van der Waals surface area contributed by atoms with Gasteiger partial charge in [-0.15, -0.1) is 0 Å². The number of carbonyl (C=O) groups excluding carboxylic acids is 3. The van der Waals surface area contributed by atoms with Gasteiger partial charge in [-0.1, -0.05) is 50.5 Å². The minimum atomic E-state index is -0.879. The minimum absolute atomic E-state index is 0.0954. The summed E-state index contributed by atoms with van der Waals surface area (Å²) in [4.78, 5) is 41.2. The molecule has 5 nitrogen and oxygen atoms in total. The van der Waals surface area contributed by atoms with Crippen molar-refractivity contribution in [2.75, 3.05) is 13.6 Å². The van der Waals surface area contributed by atoms with E-state index >= 15 is 0 Å². The van der Waals surface area contributed by atoms with Gasteiger partial charge in [0.15, 0.2) is 5.78 Å². The first-order valence-electron chi connectivity index (χ1n) is 9.46. The molecular formula is C21H30N2O3. The van der Waals surface area contributed by atoms with Gasteiger partial charge in [-0.25, -0.2) is 4.79 Å². The molecule has 2 rings (SSSR count). The number of imide groups is 1. The Kier molecular flexibility index (Phi) is 6.21. The Morgan fingerprint density at radius 1 is 1.15 bits per heavy atom. The molecule has 3 amide bonds. The number of aryl methyl sites for hydroxylation is 1. The van der Waals surface area contributed by atoms with Crippen LogP contribution in [0.3, 0.4) is 0 Å². The first-order valence-corrected chi connectivity index (χ1v) is 9.46. The SMILES string of the molecule is CCCC(CCC)C1(C)C(=O)N(CC(=O)c2cccc(C)c2)C(=O)N1C. The summed E-state index contributed by atoms with van der Waals surface area (Å²) in [6, 6.07) is 6.85. The fraction of sp³-hybridized carbons (Fsp3) is 0.571. The number of rotatable bonds is 8. The van der Waals surface area contributed by atoms with Crippen LogP contribution < -0.4 is 0 Å². The maximum atomic E-state index is 13.2. The monoisotopic (exact) mass is 358 g/mol. The number of likely N-dealkylation sites (N-methyl/N-ethyl adjacent to an activating group) is 1. The summed E-state index contributed by atoms with van der Waals surface area (Å²) >= 11 is 0. The summed E-state index contributed by atoms with van der Waals surface area (Å²) in [6.07, 6.45) is 3.68. The molecule has 142 valence electrons. The van der Waals surface area contributed by atoms with Crippen molar-refractivity contribution in [3.8, 4) is 0 Å². The average molecular weight is 358 g/mol. The lowest BCUT2D eigenvalue weighted by molar-refractivity contribution is -0.134. The quantitative estimate of drug-likeness (QED) is 0.520. The van der Waals surface area contributed by atoms with Gasteiger partial charge < -0.3 is 4.90 Å². The molecule has 1 heterocycles. The van der Waals surface area contributed by atoms with Crippen LogP contribution in [0.2, 0.25) is 0 Å². The molecule has 0 radical (unpaired) electrons. The number of benzene rings is 1. The molecule has 26 heavy (non-hydrogen) atoms. The second-order valence-corrected chi connectivity index (χ2v) is 7.45. The number of Topliss-reactive ketones (excluding diaryl/α,β-unsaturated/α-hetero) is 1. The number of hydrogen-bond donors (Lipinski definition) is 0. The summed E-state index contributed by atoms with van der Waals surface area (Å²) < 4.78 is 0. The first-order chi connectivity index (χ1) is 12.3. The molecule has 1 atom stereocenters. The Morgan fingerprint density at radius 3 is 2.31 bits per heavy atom. The van der Waals surface area contributed by atoms with E-state index < -0.39 is 5.54 Å². The highest BCUT2D eigenvalue weighted by Gasteiger charge is 2.56. The van der Waals surface area contributed by atoms with Crippen molar-refractivity contribution >= 4 is 17.7 Å². The van der Waals surface area contributed by atoms with E-state index in [4.69, 9.17) is 0 Å². The Morgan fingerprint density at radius 2 is 1.77 bits per heavy atom. The predicted molar refractivity (Wildman–Crippen MR) is 102 cm³/mol. The summed E-state index contributed by atoms with van der Waals surface area (Å²) in [6.45, 7) is 7.73. The lowest BCUT2D eigenvalue weighted by atomic mass is 9.78. The normalized spacial score (nSPS) is 20.4.